The molecule has 6 aromatic carbocycles. The van der Waals surface area contributed by atoms with E-state index in [9.17, 15) is 0 Å². The van der Waals surface area contributed by atoms with Crippen molar-refractivity contribution in [2.45, 2.75) is 169 Å². The van der Waals surface area contributed by atoms with Crippen molar-refractivity contribution in [3.63, 3.8) is 0 Å². The highest BCUT2D eigenvalue weighted by Gasteiger charge is 2.48. The number of benzene rings is 6. The molecule has 68 heavy (non-hydrogen) atoms. The molecule has 0 N–H and O–H groups in total. The molecule has 0 bridgehead atoms. The molecule has 4 heteroatoms. The minimum atomic E-state index is -0.0288. The zero-order valence-electron chi connectivity index (χ0n) is 44.0. The van der Waals surface area contributed by atoms with Crippen LogP contribution in [0, 0.1) is 13.8 Å². The molecule has 0 amide bonds. The Kier molecular flexibility index (Phi) is 9.84. The maximum atomic E-state index is 2.72. The van der Waals surface area contributed by atoms with Crippen LogP contribution in [0.4, 0.5) is 34.1 Å². The Morgan fingerprint density at radius 1 is 0.500 bits per heavy atom. The lowest BCUT2D eigenvalue weighted by Gasteiger charge is -2.46. The van der Waals surface area contributed by atoms with E-state index in [0.29, 0.717) is 0 Å². The molecule has 2 nitrogen and oxygen atoms in total. The summed E-state index contributed by atoms with van der Waals surface area (Å²) in [6.45, 7) is 38.6. The number of thiophene rings is 1. The van der Waals surface area contributed by atoms with Gasteiger partial charge in [0.05, 0.1) is 11.4 Å². The van der Waals surface area contributed by atoms with Gasteiger partial charge in [-0.2, -0.15) is 0 Å². The summed E-state index contributed by atoms with van der Waals surface area (Å²) in [5.74, 6) is 0. The first-order valence-electron chi connectivity index (χ1n) is 25.6. The van der Waals surface area contributed by atoms with Crippen LogP contribution in [0.15, 0.2) is 103 Å². The van der Waals surface area contributed by atoms with Crippen molar-refractivity contribution in [2.24, 2.45) is 0 Å². The Bertz CT molecular complexity index is 3250. The van der Waals surface area contributed by atoms with E-state index >= 15 is 0 Å². The van der Waals surface area contributed by atoms with Gasteiger partial charge in [0.25, 0.3) is 6.71 Å². The summed E-state index contributed by atoms with van der Waals surface area (Å²) in [7, 11) is 0. The smallest absolute Gasteiger partial charge is 0.264 e. The molecule has 7 aromatic rings. The molecule has 348 valence electrons. The van der Waals surface area contributed by atoms with Gasteiger partial charge in [0.2, 0.25) is 0 Å². The number of rotatable bonds is 3. The Hall–Kier alpha value is -5.06. The third-order valence-electron chi connectivity index (χ3n) is 17.3. The predicted octanol–water partition coefficient (Wildman–Crippen LogP) is 16.6. The van der Waals surface area contributed by atoms with E-state index < -0.39 is 0 Å². The Balaban J connectivity index is 1.28. The largest absolute Gasteiger partial charge is 0.311 e. The summed E-state index contributed by atoms with van der Waals surface area (Å²) < 4.78 is 2.82. The molecule has 3 heterocycles. The summed E-state index contributed by atoms with van der Waals surface area (Å²) >= 11 is 2.03. The highest BCUT2D eigenvalue weighted by atomic mass is 32.1. The van der Waals surface area contributed by atoms with Gasteiger partial charge in [-0.3, -0.25) is 0 Å². The molecule has 0 radical (unpaired) electrons. The fourth-order valence-corrected chi connectivity index (χ4v) is 14.0. The Labute approximate surface area is 413 Å². The number of aryl methyl sites for hydroxylation is 2. The van der Waals surface area contributed by atoms with Crippen molar-refractivity contribution < 1.29 is 0 Å². The second-order valence-electron chi connectivity index (χ2n) is 26.1. The molecular formula is C64H73BN2S. The van der Waals surface area contributed by atoms with Gasteiger partial charge in [0.1, 0.15) is 0 Å². The number of nitrogens with zero attached hydrogens (tertiary/aromatic N) is 2. The summed E-state index contributed by atoms with van der Waals surface area (Å²) in [6.07, 6.45) is 4.72. The van der Waals surface area contributed by atoms with Crippen molar-refractivity contribution in [3.05, 3.63) is 148 Å². The van der Waals surface area contributed by atoms with Gasteiger partial charge >= 0.3 is 0 Å². The van der Waals surface area contributed by atoms with Crippen LogP contribution in [0.25, 0.3) is 21.2 Å². The van der Waals surface area contributed by atoms with E-state index in [2.05, 4.69) is 224 Å². The second kappa shape index (κ2) is 14.7. The van der Waals surface area contributed by atoms with Crippen LogP contribution in [0.2, 0.25) is 0 Å². The number of hydrogen-bond donors (Lipinski definition) is 0. The minimum Gasteiger partial charge on any atom is -0.311 e. The topological polar surface area (TPSA) is 6.48 Å². The number of hydrogen-bond acceptors (Lipinski definition) is 3. The van der Waals surface area contributed by atoms with Gasteiger partial charge in [-0.25, -0.2) is 0 Å². The fraction of sp³-hybridized carbons (Fsp3) is 0.406. The molecule has 0 atom stereocenters. The average molecular weight is 913 g/mol. The predicted molar refractivity (Wildman–Crippen MR) is 299 cm³/mol. The van der Waals surface area contributed by atoms with Gasteiger partial charge in [-0.05, 0) is 182 Å². The third-order valence-corrected chi connectivity index (χ3v) is 18.5. The van der Waals surface area contributed by atoms with Crippen molar-refractivity contribution in [3.8, 4) is 11.1 Å². The number of fused-ring (bicyclic) bond motifs is 8. The van der Waals surface area contributed by atoms with Crippen LogP contribution >= 0.6 is 11.3 Å². The molecule has 1 aromatic heterocycles. The monoisotopic (exact) mass is 913 g/mol. The Morgan fingerprint density at radius 3 is 1.69 bits per heavy atom. The zero-order chi connectivity index (χ0) is 48.4. The highest BCUT2D eigenvalue weighted by molar-refractivity contribution is 7.33. The van der Waals surface area contributed by atoms with Crippen molar-refractivity contribution >= 4 is 78.0 Å². The van der Waals surface area contributed by atoms with E-state index in [0.717, 1.165) is 0 Å². The van der Waals surface area contributed by atoms with E-state index in [4.69, 9.17) is 0 Å². The summed E-state index contributed by atoms with van der Waals surface area (Å²) in [5, 5.41) is 1.35. The SMILES string of the molecule is Cc1cc2c3c(c1)N(c1ccc4c(c1)C(C)(C)CCC4(C)C)c1c(sc4cc(C(C)(C)C)ccc14)B3c1cc(C(C)(C)C)ccc1N2c1cc2c(cc1-c1ccccc1C)C(C)(C)CCC2(C)C. The first-order chi connectivity index (χ1) is 31.8. The first kappa shape index (κ1) is 45.4. The van der Waals surface area contributed by atoms with Crippen LogP contribution in [-0.4, -0.2) is 6.71 Å². The minimum absolute atomic E-state index is 0.0288. The second-order valence-corrected chi connectivity index (χ2v) is 27.2. The van der Waals surface area contributed by atoms with Crippen LogP contribution in [0.5, 0.6) is 0 Å². The lowest BCUT2D eigenvalue weighted by atomic mass is 9.36. The molecule has 0 fully saturated rings. The van der Waals surface area contributed by atoms with Crippen molar-refractivity contribution in [1.29, 1.82) is 0 Å². The Morgan fingerprint density at radius 2 is 1.06 bits per heavy atom. The van der Waals surface area contributed by atoms with Gasteiger partial charge in [-0.1, -0.05) is 152 Å². The highest BCUT2D eigenvalue weighted by Crippen LogP contribution is 2.55. The molecule has 0 saturated heterocycles. The van der Waals surface area contributed by atoms with Crippen LogP contribution in [0.3, 0.4) is 0 Å². The molecular weight excluding hydrogens is 840 g/mol. The molecule has 0 unspecified atom stereocenters. The van der Waals surface area contributed by atoms with Gasteiger partial charge in [-0.15, -0.1) is 11.3 Å². The van der Waals surface area contributed by atoms with E-state index in [1.54, 1.807) is 0 Å². The summed E-state index contributed by atoms with van der Waals surface area (Å²) in [6, 6.07) is 41.8. The molecule has 0 spiro atoms. The molecule has 0 saturated carbocycles. The molecule has 2 aliphatic heterocycles. The van der Waals surface area contributed by atoms with Gasteiger partial charge in [0.15, 0.2) is 0 Å². The van der Waals surface area contributed by atoms with Crippen molar-refractivity contribution in [1.82, 2.24) is 0 Å². The van der Waals surface area contributed by atoms with E-state index in [1.165, 1.54) is 141 Å². The van der Waals surface area contributed by atoms with Gasteiger partial charge < -0.3 is 9.80 Å². The maximum absolute atomic E-state index is 2.72. The average Bonchev–Trinajstić information content (AvgIpc) is 3.64. The normalized spacial score (nSPS) is 18.4. The van der Waals surface area contributed by atoms with Crippen LogP contribution in [0.1, 0.15) is 167 Å². The molecule has 4 aliphatic rings. The third kappa shape index (κ3) is 6.84. The summed E-state index contributed by atoms with van der Waals surface area (Å²) in [5.41, 5.74) is 24.9. The lowest BCUT2D eigenvalue weighted by molar-refractivity contribution is 0.332. The quantitative estimate of drug-likeness (QED) is 0.163. The number of anilines is 6. The van der Waals surface area contributed by atoms with E-state index in [1.807, 2.05) is 11.3 Å². The standard InChI is InChI=1S/C64H73BN2S/c1-38-31-53-56-54(32-38)67(52-37-49-48(63(13,14)29-30-64(49,15)16)36-45(52)43-20-18-17-19-39(43)2)51-26-22-40(59(3,4)5)33-50(51)65(56)58-57(44-24-21-41(60(6,7)8)34-55(44)68-58)66(53)42-23-25-46-47(35-42)62(11,12)28-27-61(46,9)10/h17-26,31-37H,27-30H2,1-16H3. The summed E-state index contributed by atoms with van der Waals surface area (Å²) in [4.78, 5) is 5.43. The lowest BCUT2D eigenvalue weighted by Crippen LogP contribution is -2.60. The maximum Gasteiger partial charge on any atom is 0.264 e. The molecule has 11 rings (SSSR count). The van der Waals surface area contributed by atoms with Crippen molar-refractivity contribution in [2.75, 3.05) is 9.80 Å². The van der Waals surface area contributed by atoms with Crippen LogP contribution < -0.4 is 25.5 Å². The first-order valence-corrected chi connectivity index (χ1v) is 26.4. The van der Waals surface area contributed by atoms with Crippen LogP contribution in [-0.2, 0) is 32.5 Å². The zero-order valence-corrected chi connectivity index (χ0v) is 44.8. The van der Waals surface area contributed by atoms with Gasteiger partial charge in [0, 0.05) is 43.2 Å². The molecule has 2 aliphatic carbocycles. The van der Waals surface area contributed by atoms with E-state index in [-0.39, 0.29) is 39.2 Å². The fourth-order valence-electron chi connectivity index (χ4n) is 12.7.